The summed E-state index contributed by atoms with van der Waals surface area (Å²) in [4.78, 5) is 22.1. The van der Waals surface area contributed by atoms with Crippen molar-refractivity contribution in [1.29, 1.82) is 0 Å². The fourth-order valence-electron chi connectivity index (χ4n) is 1.11. The van der Waals surface area contributed by atoms with Gasteiger partial charge in [-0.25, -0.2) is 14.0 Å². The van der Waals surface area contributed by atoms with Gasteiger partial charge in [0.25, 0.3) is 0 Å². The topological polar surface area (TPSA) is 98.7 Å². The molecule has 1 aromatic carbocycles. The average Bonchev–Trinajstić information content (AvgIpc) is 2.33. The number of hydrogen-bond acceptors (Lipinski definition) is 3. The minimum atomic E-state index is -2.11. The van der Waals surface area contributed by atoms with Crippen LogP contribution in [-0.4, -0.2) is 34.4 Å². The van der Waals surface area contributed by atoms with Crippen LogP contribution in [0.1, 0.15) is 6.92 Å². The molecule has 0 spiro atoms. The summed E-state index contributed by atoms with van der Waals surface area (Å²) in [6, 6.07) is 1.44. The predicted octanol–water partition coefficient (Wildman–Crippen LogP) is 2.20. The van der Waals surface area contributed by atoms with Crippen molar-refractivity contribution in [2.75, 3.05) is 11.9 Å². The van der Waals surface area contributed by atoms with Crippen LogP contribution in [0.4, 0.5) is 14.9 Å². The molecule has 0 bridgehead atoms. The molecule has 0 aliphatic rings. The highest BCUT2D eigenvalue weighted by Crippen LogP contribution is 2.28. The van der Waals surface area contributed by atoms with Crippen LogP contribution in [-0.2, 0) is 4.79 Å². The van der Waals surface area contributed by atoms with Crippen LogP contribution in [0.25, 0.3) is 0 Å². The number of benzene rings is 1. The zero-order valence-corrected chi connectivity index (χ0v) is 12.5. The van der Waals surface area contributed by atoms with E-state index in [-0.39, 0.29) is 15.2 Å². The Morgan fingerprint density at radius 2 is 2.10 bits per heavy atom. The van der Waals surface area contributed by atoms with E-state index in [0.717, 1.165) is 13.0 Å². The van der Waals surface area contributed by atoms with Crippen LogP contribution in [0.2, 0.25) is 5.02 Å². The van der Waals surface area contributed by atoms with E-state index in [1.165, 1.54) is 6.07 Å². The molecule has 0 aliphatic carbocycles. The van der Waals surface area contributed by atoms with Crippen LogP contribution in [0.3, 0.4) is 0 Å². The SMILES string of the molecule is CC(O)(CNC(=O)Nc1cc(F)c(Br)cc1Cl)C(=O)O. The number of carboxylic acid groups (broad SMARTS) is 1. The van der Waals surface area contributed by atoms with Crippen LogP contribution in [0.5, 0.6) is 0 Å². The van der Waals surface area contributed by atoms with Crippen LogP contribution < -0.4 is 10.6 Å². The van der Waals surface area contributed by atoms with E-state index in [2.05, 4.69) is 26.6 Å². The van der Waals surface area contributed by atoms with Gasteiger partial charge in [-0.15, -0.1) is 0 Å². The Morgan fingerprint density at radius 3 is 2.65 bits per heavy atom. The number of rotatable bonds is 4. The Morgan fingerprint density at radius 1 is 1.50 bits per heavy atom. The Labute approximate surface area is 127 Å². The molecule has 9 heteroatoms. The van der Waals surface area contributed by atoms with E-state index in [1.54, 1.807) is 0 Å². The zero-order chi connectivity index (χ0) is 15.5. The maximum absolute atomic E-state index is 13.3. The van der Waals surface area contributed by atoms with Crippen LogP contribution in [0.15, 0.2) is 16.6 Å². The third-order valence-corrected chi connectivity index (χ3v) is 3.23. The van der Waals surface area contributed by atoms with E-state index < -0.39 is 30.0 Å². The first kappa shape index (κ1) is 16.7. The second-order valence-electron chi connectivity index (χ2n) is 4.13. The molecular formula is C11H11BrClFN2O4. The minimum absolute atomic E-state index is 0.0137. The first-order valence-electron chi connectivity index (χ1n) is 5.28. The molecule has 1 aromatic rings. The van der Waals surface area contributed by atoms with Crippen molar-refractivity contribution < 1.29 is 24.2 Å². The molecule has 0 heterocycles. The van der Waals surface area contributed by atoms with E-state index in [4.69, 9.17) is 16.7 Å². The number of aliphatic hydroxyl groups is 1. The first-order chi connectivity index (χ1) is 9.13. The number of carbonyl (C=O) groups is 2. The van der Waals surface area contributed by atoms with E-state index in [9.17, 15) is 19.1 Å². The number of nitrogens with one attached hydrogen (secondary N) is 2. The van der Waals surface area contributed by atoms with Crippen molar-refractivity contribution >= 4 is 45.2 Å². The number of aliphatic carboxylic acids is 1. The van der Waals surface area contributed by atoms with Crippen molar-refractivity contribution in [2.24, 2.45) is 0 Å². The Bertz CT molecular complexity index is 553. The zero-order valence-electron chi connectivity index (χ0n) is 10.2. The second-order valence-corrected chi connectivity index (χ2v) is 5.39. The summed E-state index contributed by atoms with van der Waals surface area (Å²) >= 11 is 8.74. The summed E-state index contributed by atoms with van der Waals surface area (Å²) in [5.41, 5.74) is -2.09. The summed E-state index contributed by atoms with van der Waals surface area (Å²) in [6.07, 6.45) is 0. The maximum atomic E-state index is 13.3. The Balaban J connectivity index is 2.68. The van der Waals surface area contributed by atoms with Gasteiger partial charge in [-0.2, -0.15) is 0 Å². The minimum Gasteiger partial charge on any atom is -0.479 e. The third kappa shape index (κ3) is 4.32. The summed E-state index contributed by atoms with van der Waals surface area (Å²) in [5, 5.41) is 22.5. The molecular weight excluding hydrogens is 358 g/mol. The smallest absolute Gasteiger partial charge is 0.337 e. The molecule has 1 atom stereocenters. The molecule has 0 aromatic heterocycles. The molecule has 0 saturated heterocycles. The second kappa shape index (κ2) is 6.38. The molecule has 110 valence electrons. The number of urea groups is 1. The van der Waals surface area contributed by atoms with Gasteiger partial charge in [0.15, 0.2) is 5.60 Å². The summed E-state index contributed by atoms with van der Waals surface area (Å²) in [7, 11) is 0. The monoisotopic (exact) mass is 368 g/mol. The Kier molecular flexibility index (Phi) is 5.32. The van der Waals surface area contributed by atoms with Crippen molar-refractivity contribution in [1.82, 2.24) is 5.32 Å². The maximum Gasteiger partial charge on any atom is 0.337 e. The van der Waals surface area contributed by atoms with Crippen molar-refractivity contribution in [2.45, 2.75) is 12.5 Å². The summed E-state index contributed by atoms with van der Waals surface area (Å²) in [5.74, 6) is -2.10. The molecule has 1 unspecified atom stereocenters. The molecule has 0 radical (unpaired) electrons. The predicted molar refractivity (Wildman–Crippen MR) is 74.4 cm³/mol. The largest absolute Gasteiger partial charge is 0.479 e. The lowest BCUT2D eigenvalue weighted by molar-refractivity contribution is -0.155. The number of carbonyl (C=O) groups excluding carboxylic acids is 1. The molecule has 0 aliphatic heterocycles. The number of hydrogen-bond donors (Lipinski definition) is 4. The van der Waals surface area contributed by atoms with Gasteiger partial charge in [0.1, 0.15) is 5.82 Å². The van der Waals surface area contributed by atoms with Crippen molar-refractivity contribution in [3.05, 3.63) is 27.4 Å². The molecule has 2 amide bonds. The highest BCUT2D eigenvalue weighted by molar-refractivity contribution is 9.10. The molecule has 4 N–H and O–H groups in total. The summed E-state index contributed by atoms with van der Waals surface area (Å²) < 4.78 is 13.4. The molecule has 0 fully saturated rings. The lowest BCUT2D eigenvalue weighted by Crippen LogP contribution is -2.47. The number of carboxylic acids is 1. The van der Waals surface area contributed by atoms with Crippen molar-refractivity contribution in [3.63, 3.8) is 0 Å². The van der Waals surface area contributed by atoms with E-state index in [1.807, 2.05) is 0 Å². The van der Waals surface area contributed by atoms with E-state index in [0.29, 0.717) is 0 Å². The van der Waals surface area contributed by atoms with Crippen molar-refractivity contribution in [3.8, 4) is 0 Å². The van der Waals surface area contributed by atoms with Gasteiger partial charge in [0.05, 0.1) is 21.7 Å². The third-order valence-electron chi connectivity index (χ3n) is 2.31. The molecule has 6 nitrogen and oxygen atoms in total. The lowest BCUT2D eigenvalue weighted by atomic mass is 10.1. The van der Waals surface area contributed by atoms with Gasteiger partial charge in [-0.05, 0) is 28.9 Å². The van der Waals surface area contributed by atoms with Gasteiger partial charge in [0.2, 0.25) is 0 Å². The fraction of sp³-hybridized carbons (Fsp3) is 0.273. The quantitative estimate of drug-likeness (QED) is 0.612. The first-order valence-corrected chi connectivity index (χ1v) is 6.46. The van der Waals surface area contributed by atoms with E-state index >= 15 is 0 Å². The number of anilines is 1. The number of halogens is 3. The molecule has 20 heavy (non-hydrogen) atoms. The fourth-order valence-corrected chi connectivity index (χ4v) is 1.80. The Hall–Kier alpha value is -1.38. The molecule has 0 saturated carbocycles. The average molecular weight is 370 g/mol. The summed E-state index contributed by atoms with van der Waals surface area (Å²) in [6.45, 7) is 0.507. The van der Waals surface area contributed by atoms with Gasteiger partial charge < -0.3 is 20.8 Å². The van der Waals surface area contributed by atoms with Gasteiger partial charge >= 0.3 is 12.0 Å². The van der Waals surface area contributed by atoms with Gasteiger partial charge in [-0.3, -0.25) is 0 Å². The lowest BCUT2D eigenvalue weighted by Gasteiger charge is -2.18. The molecule has 1 rings (SSSR count). The van der Waals surface area contributed by atoms with Gasteiger partial charge in [0, 0.05) is 6.07 Å². The number of amides is 2. The van der Waals surface area contributed by atoms with Crippen LogP contribution in [0, 0.1) is 5.82 Å². The standard InChI is InChI=1S/C11H11BrClFN2O4/c1-11(20,9(17)18)4-15-10(19)16-8-3-7(14)5(12)2-6(8)13/h2-3,20H,4H2,1H3,(H,17,18)(H2,15,16,19). The van der Waals surface area contributed by atoms with Gasteiger partial charge in [-0.1, -0.05) is 11.6 Å². The van der Waals surface area contributed by atoms with Crippen LogP contribution >= 0.6 is 27.5 Å². The highest BCUT2D eigenvalue weighted by atomic mass is 79.9. The highest BCUT2D eigenvalue weighted by Gasteiger charge is 2.30. The normalized spacial score (nSPS) is 13.4.